The van der Waals surface area contributed by atoms with Crippen LogP contribution in [0.1, 0.15) is 72.4 Å². The maximum absolute atomic E-state index is 14.1. The van der Waals surface area contributed by atoms with Gasteiger partial charge in [0.1, 0.15) is 11.4 Å². The van der Waals surface area contributed by atoms with Crippen LogP contribution in [0.5, 0.6) is 0 Å². The molecule has 1 amide bonds. The fraction of sp³-hybridized carbons (Fsp3) is 0.583. The molecule has 0 saturated carbocycles. The number of nitriles is 1. The Hall–Kier alpha value is -2.95. The van der Waals surface area contributed by atoms with Gasteiger partial charge in [0.2, 0.25) is 0 Å². The first-order valence-corrected chi connectivity index (χ1v) is 18.5. The van der Waals surface area contributed by atoms with E-state index in [1.807, 2.05) is 64.1 Å². The second-order valence-corrected chi connectivity index (χ2v) is 16.7. The highest BCUT2D eigenvalue weighted by Gasteiger charge is 2.38. The molecule has 0 aromatic heterocycles. The highest BCUT2D eigenvalue weighted by molar-refractivity contribution is 6.48. The van der Waals surface area contributed by atoms with Crippen molar-refractivity contribution in [1.29, 1.82) is 5.26 Å². The molecule has 0 spiro atoms. The molecular weight excluding hydrogens is 552 g/mol. The average molecular weight is 607 g/mol. The van der Waals surface area contributed by atoms with Gasteiger partial charge in [0.15, 0.2) is 9.04 Å². The fourth-order valence-electron chi connectivity index (χ4n) is 5.49. The number of carbonyl (C=O) groups excluding carboxylic acids is 2. The lowest BCUT2D eigenvalue weighted by molar-refractivity contribution is -0.124. The molecule has 5 atom stereocenters. The Morgan fingerprint density at radius 2 is 1.44 bits per heavy atom. The summed E-state index contributed by atoms with van der Waals surface area (Å²) in [7, 11) is -1.23. The number of benzene rings is 2. The molecule has 0 aliphatic carbocycles. The standard InChI is InChI=1S/C36H54N2O4Si/c1-26(25-41-43(8)9)30(24-37)23-33(39)29(20-27-16-12-10-13-17-27)22-31(35(2,3)4)32(21-28-18-14-11-15-19-28)38-34(40)42-36(5,6)7/h10-19,26,29-32,43H,20-23,25H2,1-9H3,(H,38,40)/t26?,29-,30?,31+,32-/m0/s1. The summed E-state index contributed by atoms with van der Waals surface area (Å²) in [5, 5.41) is 13.2. The van der Waals surface area contributed by atoms with Crippen LogP contribution in [0.2, 0.25) is 13.1 Å². The van der Waals surface area contributed by atoms with E-state index in [-0.39, 0.29) is 41.4 Å². The van der Waals surface area contributed by atoms with Crippen molar-refractivity contribution >= 4 is 20.9 Å². The highest BCUT2D eigenvalue weighted by atomic mass is 28.3. The van der Waals surface area contributed by atoms with Crippen molar-refractivity contribution in [1.82, 2.24) is 5.32 Å². The summed E-state index contributed by atoms with van der Waals surface area (Å²) in [5.41, 5.74) is 1.33. The number of Topliss-reactive ketones (excluding diaryl/α,β-unsaturated/α-hetero) is 1. The van der Waals surface area contributed by atoms with E-state index in [9.17, 15) is 14.9 Å². The highest BCUT2D eigenvalue weighted by Crippen LogP contribution is 2.37. The predicted molar refractivity (Wildman–Crippen MR) is 177 cm³/mol. The maximum Gasteiger partial charge on any atom is 0.407 e. The summed E-state index contributed by atoms with van der Waals surface area (Å²) in [6.45, 7) is 18.8. The minimum atomic E-state index is -1.23. The lowest BCUT2D eigenvalue weighted by Crippen LogP contribution is -2.49. The maximum atomic E-state index is 14.1. The van der Waals surface area contributed by atoms with Crippen LogP contribution in [0.4, 0.5) is 4.79 Å². The van der Waals surface area contributed by atoms with Gasteiger partial charge in [0, 0.05) is 25.0 Å². The Balaban J connectivity index is 2.44. The van der Waals surface area contributed by atoms with Gasteiger partial charge in [-0.3, -0.25) is 4.79 Å². The van der Waals surface area contributed by atoms with Gasteiger partial charge in [-0.15, -0.1) is 0 Å². The quantitative estimate of drug-likeness (QED) is 0.209. The average Bonchev–Trinajstić information content (AvgIpc) is 2.91. The van der Waals surface area contributed by atoms with E-state index in [1.54, 1.807) is 0 Å². The molecule has 0 bridgehead atoms. The third-order valence-corrected chi connectivity index (χ3v) is 8.74. The van der Waals surface area contributed by atoms with Gasteiger partial charge in [-0.2, -0.15) is 5.26 Å². The first-order chi connectivity index (χ1) is 20.1. The number of amides is 1. The molecule has 2 aromatic rings. The van der Waals surface area contributed by atoms with E-state index in [1.165, 1.54) is 0 Å². The Morgan fingerprint density at radius 1 is 0.907 bits per heavy atom. The second kappa shape index (κ2) is 16.8. The lowest BCUT2D eigenvalue weighted by atomic mass is 9.68. The van der Waals surface area contributed by atoms with Crippen LogP contribution in [-0.2, 0) is 26.8 Å². The number of hydrogen-bond acceptors (Lipinski definition) is 5. The monoisotopic (exact) mass is 606 g/mol. The number of nitrogens with zero attached hydrogens (tertiary/aromatic N) is 1. The van der Waals surface area contributed by atoms with Crippen LogP contribution >= 0.6 is 0 Å². The number of nitrogens with one attached hydrogen (secondary N) is 1. The number of carbonyl (C=O) groups is 2. The zero-order chi connectivity index (χ0) is 32.2. The van der Waals surface area contributed by atoms with Crippen LogP contribution in [0.3, 0.4) is 0 Å². The van der Waals surface area contributed by atoms with Gasteiger partial charge in [0.05, 0.1) is 12.0 Å². The Labute approximate surface area is 262 Å². The van der Waals surface area contributed by atoms with Crippen molar-refractivity contribution in [3.05, 3.63) is 71.8 Å². The van der Waals surface area contributed by atoms with E-state index in [0.717, 1.165) is 11.1 Å². The van der Waals surface area contributed by atoms with Crippen LogP contribution < -0.4 is 5.32 Å². The minimum Gasteiger partial charge on any atom is -0.444 e. The van der Waals surface area contributed by atoms with E-state index in [4.69, 9.17) is 9.16 Å². The summed E-state index contributed by atoms with van der Waals surface area (Å²) < 4.78 is 11.6. The minimum absolute atomic E-state index is 0.0284. The van der Waals surface area contributed by atoms with Gasteiger partial charge in [-0.1, -0.05) is 88.4 Å². The first-order valence-electron chi connectivity index (χ1n) is 15.7. The van der Waals surface area contributed by atoms with Crippen molar-refractivity contribution < 1.29 is 18.8 Å². The van der Waals surface area contributed by atoms with Crippen molar-refractivity contribution in [3.63, 3.8) is 0 Å². The van der Waals surface area contributed by atoms with Crippen molar-refractivity contribution in [2.24, 2.45) is 29.1 Å². The molecule has 0 aliphatic heterocycles. The zero-order valence-electron chi connectivity index (χ0n) is 27.9. The van der Waals surface area contributed by atoms with Gasteiger partial charge >= 0.3 is 6.09 Å². The largest absolute Gasteiger partial charge is 0.444 e. The normalized spacial score (nSPS) is 15.6. The smallest absolute Gasteiger partial charge is 0.407 e. The van der Waals surface area contributed by atoms with Crippen molar-refractivity contribution in [2.45, 2.75) is 98.9 Å². The number of ether oxygens (including phenoxy) is 1. The molecule has 1 N–H and O–H groups in total. The SMILES string of the molecule is CC(CO[SiH](C)C)C(C#N)CC(=O)[C@@H](Cc1ccccc1)C[C@H]([C@H](Cc1ccccc1)NC(=O)OC(C)(C)C)C(C)(C)C. The summed E-state index contributed by atoms with van der Waals surface area (Å²) in [6, 6.07) is 22.3. The van der Waals surface area contributed by atoms with Crippen molar-refractivity contribution in [2.75, 3.05) is 6.61 Å². The number of rotatable bonds is 15. The van der Waals surface area contributed by atoms with Gasteiger partial charge in [-0.25, -0.2) is 4.79 Å². The molecule has 6 nitrogen and oxygen atoms in total. The summed E-state index contributed by atoms with van der Waals surface area (Å²) >= 11 is 0. The lowest BCUT2D eigenvalue weighted by Gasteiger charge is -2.40. The molecule has 2 rings (SSSR count). The van der Waals surface area contributed by atoms with E-state index in [0.29, 0.717) is 25.9 Å². The molecule has 7 heteroatoms. The Morgan fingerprint density at radius 3 is 1.91 bits per heavy atom. The van der Waals surface area contributed by atoms with Crippen molar-refractivity contribution in [3.8, 4) is 6.07 Å². The third-order valence-electron chi connectivity index (χ3n) is 7.88. The molecular formula is C36H54N2O4Si. The van der Waals surface area contributed by atoms with Crippen LogP contribution in [-0.4, -0.2) is 39.2 Å². The van der Waals surface area contributed by atoms with Gasteiger partial charge < -0.3 is 14.5 Å². The molecule has 0 radical (unpaired) electrons. The number of alkyl carbamates (subject to hydrolysis) is 1. The topological polar surface area (TPSA) is 88.4 Å². The van der Waals surface area contributed by atoms with Crippen LogP contribution in [0.15, 0.2) is 60.7 Å². The molecule has 2 aromatic carbocycles. The van der Waals surface area contributed by atoms with E-state index >= 15 is 0 Å². The molecule has 0 heterocycles. The molecule has 236 valence electrons. The second-order valence-electron chi connectivity index (χ2n) is 14.3. The fourth-order valence-corrected chi connectivity index (χ4v) is 6.18. The molecule has 2 unspecified atom stereocenters. The van der Waals surface area contributed by atoms with Gasteiger partial charge in [0.25, 0.3) is 0 Å². The molecule has 0 saturated heterocycles. The van der Waals surface area contributed by atoms with Crippen LogP contribution in [0.25, 0.3) is 0 Å². The van der Waals surface area contributed by atoms with E-state index < -0.39 is 26.7 Å². The van der Waals surface area contributed by atoms with E-state index in [2.05, 4.69) is 69.5 Å². The third kappa shape index (κ3) is 13.5. The summed E-state index contributed by atoms with van der Waals surface area (Å²) in [6.07, 6.45) is 1.51. The molecule has 0 aliphatic rings. The zero-order valence-corrected chi connectivity index (χ0v) is 29.0. The predicted octanol–water partition coefficient (Wildman–Crippen LogP) is 7.77. The summed E-state index contributed by atoms with van der Waals surface area (Å²) in [4.78, 5) is 27.2. The first kappa shape index (κ1) is 36.2. The number of ketones is 1. The molecule has 43 heavy (non-hydrogen) atoms. The Bertz CT molecular complexity index is 1170. The Kier molecular flexibility index (Phi) is 14.1. The number of hydrogen-bond donors (Lipinski definition) is 1. The van der Waals surface area contributed by atoms with Crippen LogP contribution in [0, 0.1) is 40.4 Å². The van der Waals surface area contributed by atoms with Gasteiger partial charge in [-0.05, 0) is 81.5 Å². The summed E-state index contributed by atoms with van der Waals surface area (Å²) in [5.74, 6) is -0.708. The molecule has 0 fully saturated rings.